The van der Waals surface area contributed by atoms with Gasteiger partial charge in [0, 0.05) is 23.3 Å². The van der Waals surface area contributed by atoms with Gasteiger partial charge in [-0.15, -0.1) is 0 Å². The minimum absolute atomic E-state index is 0.275. The van der Waals surface area contributed by atoms with Gasteiger partial charge in [0.05, 0.1) is 6.10 Å². The lowest BCUT2D eigenvalue weighted by molar-refractivity contribution is 0.135. The molecule has 2 rings (SSSR count). The number of aliphatic hydroxyl groups is 1. The van der Waals surface area contributed by atoms with E-state index >= 15 is 0 Å². The molecule has 124 valence electrons. The molecular formula is C19H26NO2P. The molecule has 0 aliphatic rings. The number of benzene rings is 2. The van der Waals surface area contributed by atoms with E-state index in [1.807, 2.05) is 60.7 Å². The molecule has 0 aromatic heterocycles. The van der Waals surface area contributed by atoms with Crippen molar-refractivity contribution >= 4 is 17.8 Å². The Kier molecular flexibility index (Phi) is 6.59. The maximum absolute atomic E-state index is 13.8. The second-order valence-electron chi connectivity index (χ2n) is 5.73. The highest BCUT2D eigenvalue weighted by molar-refractivity contribution is 7.78. The SMILES string of the molecule is CCN(CC)CC(O)CP(=O)(c1ccccc1)c1ccccc1. The fourth-order valence-electron chi connectivity index (χ4n) is 2.83. The van der Waals surface area contributed by atoms with Crippen LogP contribution in [0.3, 0.4) is 0 Å². The normalized spacial score (nSPS) is 13.2. The smallest absolute Gasteiger partial charge is 0.145 e. The van der Waals surface area contributed by atoms with Crippen LogP contribution in [0.15, 0.2) is 60.7 Å². The van der Waals surface area contributed by atoms with Crippen molar-refractivity contribution in [3.63, 3.8) is 0 Å². The summed E-state index contributed by atoms with van der Waals surface area (Å²) in [4.78, 5) is 2.16. The van der Waals surface area contributed by atoms with Crippen LogP contribution in [0.4, 0.5) is 0 Å². The lowest BCUT2D eigenvalue weighted by Crippen LogP contribution is -2.36. The van der Waals surface area contributed by atoms with Gasteiger partial charge in [0.25, 0.3) is 0 Å². The van der Waals surface area contributed by atoms with E-state index in [1.54, 1.807) is 0 Å². The molecule has 3 nitrogen and oxygen atoms in total. The second-order valence-corrected chi connectivity index (χ2v) is 8.61. The van der Waals surface area contributed by atoms with Crippen LogP contribution in [-0.4, -0.2) is 41.9 Å². The molecule has 0 radical (unpaired) electrons. The Morgan fingerprint density at radius 3 is 1.74 bits per heavy atom. The second kappa shape index (κ2) is 8.44. The molecule has 2 aromatic rings. The molecule has 0 saturated heterocycles. The van der Waals surface area contributed by atoms with Gasteiger partial charge in [-0.25, -0.2) is 0 Å². The predicted octanol–water partition coefficient (Wildman–Crippen LogP) is 2.70. The average Bonchev–Trinajstić information content (AvgIpc) is 2.61. The standard InChI is InChI=1S/C19H26NO2P/c1-3-20(4-2)15-17(21)16-23(22,18-11-7-5-8-12-18)19-13-9-6-10-14-19/h5-14,17,21H,3-4,15-16H2,1-2H3. The van der Waals surface area contributed by atoms with Crippen molar-refractivity contribution in [1.29, 1.82) is 0 Å². The van der Waals surface area contributed by atoms with E-state index in [0.717, 1.165) is 23.7 Å². The summed E-state index contributed by atoms with van der Waals surface area (Å²) in [6.45, 7) is 6.47. The summed E-state index contributed by atoms with van der Waals surface area (Å²) in [6, 6.07) is 19.1. The van der Waals surface area contributed by atoms with E-state index in [1.165, 1.54) is 0 Å². The first-order valence-corrected chi connectivity index (χ1v) is 10.1. The van der Waals surface area contributed by atoms with Crippen LogP contribution in [-0.2, 0) is 4.57 Å². The van der Waals surface area contributed by atoms with E-state index in [-0.39, 0.29) is 6.16 Å². The fourth-order valence-corrected chi connectivity index (χ4v) is 5.57. The number of hydrogen-bond acceptors (Lipinski definition) is 3. The Balaban J connectivity index is 2.30. The number of hydrogen-bond donors (Lipinski definition) is 1. The molecule has 0 aliphatic carbocycles. The Labute approximate surface area is 139 Å². The quantitative estimate of drug-likeness (QED) is 0.756. The summed E-state index contributed by atoms with van der Waals surface area (Å²) < 4.78 is 13.8. The summed E-state index contributed by atoms with van der Waals surface area (Å²) in [6.07, 6.45) is -0.335. The summed E-state index contributed by atoms with van der Waals surface area (Å²) >= 11 is 0. The minimum Gasteiger partial charge on any atom is -0.391 e. The van der Waals surface area contributed by atoms with Gasteiger partial charge in [0.2, 0.25) is 0 Å². The number of likely N-dealkylation sites (N-methyl/N-ethyl adjacent to an activating group) is 1. The van der Waals surface area contributed by atoms with Crippen molar-refractivity contribution in [2.45, 2.75) is 20.0 Å². The molecule has 0 spiro atoms. The highest BCUT2D eigenvalue weighted by atomic mass is 31.2. The minimum atomic E-state index is -2.83. The molecule has 0 saturated carbocycles. The fraction of sp³-hybridized carbons (Fsp3) is 0.368. The van der Waals surface area contributed by atoms with Crippen molar-refractivity contribution in [3.8, 4) is 0 Å². The lowest BCUT2D eigenvalue weighted by atomic mass is 10.3. The van der Waals surface area contributed by atoms with E-state index < -0.39 is 13.2 Å². The molecule has 1 N–H and O–H groups in total. The number of rotatable bonds is 8. The first-order chi connectivity index (χ1) is 11.1. The zero-order chi connectivity index (χ0) is 16.7. The first kappa shape index (κ1) is 17.9. The lowest BCUT2D eigenvalue weighted by Gasteiger charge is -2.26. The predicted molar refractivity (Wildman–Crippen MR) is 98.4 cm³/mol. The van der Waals surface area contributed by atoms with E-state index in [4.69, 9.17) is 0 Å². The van der Waals surface area contributed by atoms with Crippen LogP contribution >= 0.6 is 7.14 Å². The van der Waals surface area contributed by atoms with Gasteiger partial charge in [-0.2, -0.15) is 0 Å². The molecule has 0 heterocycles. The monoisotopic (exact) mass is 331 g/mol. The Hall–Kier alpha value is -1.41. The van der Waals surface area contributed by atoms with Crippen LogP contribution in [0.1, 0.15) is 13.8 Å². The molecule has 23 heavy (non-hydrogen) atoms. The summed E-state index contributed by atoms with van der Waals surface area (Å²) in [5.74, 6) is 0. The van der Waals surface area contributed by atoms with Crippen molar-refractivity contribution in [3.05, 3.63) is 60.7 Å². The first-order valence-electron chi connectivity index (χ1n) is 8.20. The maximum Gasteiger partial charge on any atom is 0.145 e. The van der Waals surface area contributed by atoms with Gasteiger partial charge in [0.1, 0.15) is 7.14 Å². The van der Waals surface area contributed by atoms with Crippen LogP contribution in [0.5, 0.6) is 0 Å². The van der Waals surface area contributed by atoms with Gasteiger partial charge >= 0.3 is 0 Å². The molecule has 0 amide bonds. The third-order valence-electron chi connectivity index (χ3n) is 4.18. The largest absolute Gasteiger partial charge is 0.391 e. The van der Waals surface area contributed by atoms with E-state index in [9.17, 15) is 9.67 Å². The average molecular weight is 331 g/mol. The molecular weight excluding hydrogens is 305 g/mol. The van der Waals surface area contributed by atoms with Crippen molar-refractivity contribution in [2.75, 3.05) is 25.8 Å². The summed E-state index contributed by atoms with van der Waals surface area (Å²) in [5, 5.41) is 12.1. The zero-order valence-corrected chi connectivity index (χ0v) is 14.8. The van der Waals surface area contributed by atoms with Crippen molar-refractivity contribution in [2.24, 2.45) is 0 Å². The molecule has 0 aliphatic heterocycles. The molecule has 4 heteroatoms. The molecule has 1 atom stereocenters. The zero-order valence-electron chi connectivity index (χ0n) is 13.9. The number of nitrogens with zero attached hydrogens (tertiary/aromatic N) is 1. The van der Waals surface area contributed by atoms with Gasteiger partial charge in [0.15, 0.2) is 0 Å². The van der Waals surface area contributed by atoms with Gasteiger partial charge < -0.3 is 14.6 Å². The number of aliphatic hydroxyl groups excluding tert-OH is 1. The van der Waals surface area contributed by atoms with Gasteiger partial charge in [-0.05, 0) is 13.1 Å². The molecule has 0 bridgehead atoms. The third kappa shape index (κ3) is 4.54. The van der Waals surface area contributed by atoms with Crippen molar-refractivity contribution < 1.29 is 9.67 Å². The molecule has 2 aromatic carbocycles. The van der Waals surface area contributed by atoms with Crippen LogP contribution < -0.4 is 10.6 Å². The van der Waals surface area contributed by atoms with E-state index in [2.05, 4.69) is 18.7 Å². The maximum atomic E-state index is 13.8. The molecule has 1 unspecified atom stereocenters. The van der Waals surface area contributed by atoms with Crippen LogP contribution in [0.2, 0.25) is 0 Å². The Morgan fingerprint density at radius 1 is 0.913 bits per heavy atom. The third-order valence-corrected chi connectivity index (χ3v) is 7.38. The highest BCUT2D eigenvalue weighted by Gasteiger charge is 2.30. The topological polar surface area (TPSA) is 40.5 Å². The highest BCUT2D eigenvalue weighted by Crippen LogP contribution is 2.43. The summed E-state index contributed by atoms with van der Waals surface area (Å²) in [5.41, 5.74) is 0. The Morgan fingerprint density at radius 2 is 1.35 bits per heavy atom. The van der Waals surface area contributed by atoms with Gasteiger partial charge in [-0.3, -0.25) is 0 Å². The summed E-state index contributed by atoms with van der Waals surface area (Å²) in [7, 11) is -2.83. The Bertz CT molecular complexity index is 583. The molecule has 0 fully saturated rings. The van der Waals surface area contributed by atoms with Crippen LogP contribution in [0, 0.1) is 0 Å². The van der Waals surface area contributed by atoms with E-state index in [0.29, 0.717) is 6.54 Å². The van der Waals surface area contributed by atoms with Gasteiger partial charge in [-0.1, -0.05) is 74.5 Å². The van der Waals surface area contributed by atoms with Crippen molar-refractivity contribution in [1.82, 2.24) is 4.90 Å². The van der Waals surface area contributed by atoms with Crippen LogP contribution in [0.25, 0.3) is 0 Å².